The molecule has 0 aromatic heterocycles. The van der Waals surface area contributed by atoms with E-state index >= 15 is 0 Å². The lowest BCUT2D eigenvalue weighted by Crippen LogP contribution is -2.12. The number of sulfonamides is 1. The van der Waals surface area contributed by atoms with E-state index in [1.807, 2.05) is 0 Å². The molecule has 0 aliphatic heterocycles. The fourth-order valence-electron chi connectivity index (χ4n) is 1.93. The van der Waals surface area contributed by atoms with Crippen molar-refractivity contribution in [2.24, 2.45) is 0 Å². The molecule has 1 unspecified atom stereocenters. The number of ether oxygens (including phenoxy) is 1. The van der Waals surface area contributed by atoms with Crippen LogP contribution in [0.1, 0.15) is 0 Å². The molecule has 0 aliphatic carbocycles. The van der Waals surface area contributed by atoms with Gasteiger partial charge in [0.1, 0.15) is 5.75 Å². The highest BCUT2D eigenvalue weighted by atomic mass is 32.2. The normalized spacial score (nSPS) is 12.3. The molecule has 8 nitrogen and oxygen atoms in total. The molecular formula is C14H16N3O5S2-. The van der Waals surface area contributed by atoms with Crippen LogP contribution in [0.3, 0.4) is 0 Å². The van der Waals surface area contributed by atoms with Gasteiger partial charge in [-0.2, -0.15) is 0 Å². The molecule has 0 fully saturated rings. The summed E-state index contributed by atoms with van der Waals surface area (Å²) in [6.07, 6.45) is 1.01. The van der Waals surface area contributed by atoms with Crippen LogP contribution in [0.25, 0.3) is 0 Å². The first kappa shape index (κ1) is 18.0. The summed E-state index contributed by atoms with van der Waals surface area (Å²) >= 11 is -2.51. The molecule has 10 heteroatoms. The van der Waals surface area contributed by atoms with Gasteiger partial charge in [0.05, 0.1) is 24.7 Å². The van der Waals surface area contributed by atoms with E-state index < -0.39 is 21.3 Å². The van der Waals surface area contributed by atoms with Gasteiger partial charge >= 0.3 is 0 Å². The summed E-state index contributed by atoms with van der Waals surface area (Å²) < 4.78 is 54.1. The molecule has 0 bridgehead atoms. The average molecular weight is 370 g/mol. The van der Waals surface area contributed by atoms with E-state index in [1.54, 1.807) is 37.4 Å². The quantitative estimate of drug-likeness (QED) is 0.642. The van der Waals surface area contributed by atoms with E-state index in [0.717, 1.165) is 6.26 Å². The Labute approximate surface area is 142 Å². The van der Waals surface area contributed by atoms with Crippen molar-refractivity contribution in [1.29, 1.82) is 0 Å². The lowest BCUT2D eigenvalue weighted by Gasteiger charge is -2.16. The molecule has 2 aromatic rings. The number of benzene rings is 2. The van der Waals surface area contributed by atoms with Crippen molar-refractivity contribution in [2.45, 2.75) is 0 Å². The second-order valence-corrected chi connectivity index (χ2v) is 7.25. The molecule has 130 valence electrons. The number of hydrogen-bond acceptors (Lipinski definition) is 6. The third kappa shape index (κ3) is 5.41. The van der Waals surface area contributed by atoms with Gasteiger partial charge in [-0.05, 0) is 42.5 Å². The Balaban J connectivity index is 2.33. The van der Waals surface area contributed by atoms with Crippen molar-refractivity contribution in [3.63, 3.8) is 0 Å². The summed E-state index contributed by atoms with van der Waals surface area (Å²) in [5.41, 5.74) is 1.62. The van der Waals surface area contributed by atoms with Crippen LogP contribution >= 0.6 is 0 Å². The van der Waals surface area contributed by atoms with Crippen LogP contribution in [0, 0.1) is 0 Å². The molecular weight excluding hydrogens is 354 g/mol. The summed E-state index contributed by atoms with van der Waals surface area (Å²) in [5.74, 6) is 0.688. The Bertz CT molecular complexity index is 838. The molecule has 0 aliphatic rings. The third-order valence-corrected chi connectivity index (χ3v) is 3.88. The zero-order valence-corrected chi connectivity index (χ0v) is 14.5. The van der Waals surface area contributed by atoms with Crippen LogP contribution in [0.4, 0.5) is 22.7 Å². The molecule has 2 aromatic carbocycles. The number of anilines is 4. The Hall–Kier alpha value is -2.30. The molecule has 0 spiro atoms. The maximum atomic E-state index is 11.5. The first-order valence-corrected chi connectivity index (χ1v) is 9.62. The van der Waals surface area contributed by atoms with Gasteiger partial charge in [-0.15, -0.1) is 0 Å². The van der Waals surface area contributed by atoms with Gasteiger partial charge in [0, 0.05) is 22.6 Å². The van der Waals surface area contributed by atoms with Gasteiger partial charge in [-0.3, -0.25) is 8.93 Å². The molecule has 1 atom stereocenters. The highest BCUT2D eigenvalue weighted by Crippen LogP contribution is 2.30. The fraction of sp³-hybridized carbons (Fsp3) is 0.143. The number of hydrogen-bond donors (Lipinski definition) is 3. The molecule has 0 radical (unpaired) electrons. The maximum absolute atomic E-state index is 11.5. The smallest absolute Gasteiger partial charge is 0.229 e. The molecule has 2 rings (SSSR count). The minimum Gasteiger partial charge on any atom is -0.755 e. The van der Waals surface area contributed by atoms with Crippen molar-refractivity contribution >= 4 is 44.0 Å². The van der Waals surface area contributed by atoms with E-state index in [1.165, 1.54) is 12.1 Å². The van der Waals surface area contributed by atoms with Crippen molar-refractivity contribution in [1.82, 2.24) is 0 Å². The van der Waals surface area contributed by atoms with E-state index in [2.05, 4.69) is 14.8 Å². The average Bonchev–Trinajstić information content (AvgIpc) is 2.48. The zero-order valence-electron chi connectivity index (χ0n) is 12.9. The summed E-state index contributed by atoms with van der Waals surface area (Å²) in [6, 6.07) is 11.5. The minimum absolute atomic E-state index is 0.212. The first-order valence-electron chi connectivity index (χ1n) is 6.65. The first-order chi connectivity index (χ1) is 11.3. The van der Waals surface area contributed by atoms with Gasteiger partial charge in [0.15, 0.2) is 0 Å². The summed E-state index contributed by atoms with van der Waals surface area (Å²) in [4.78, 5) is 0. The Morgan fingerprint density at radius 3 is 2.21 bits per heavy atom. The van der Waals surface area contributed by atoms with E-state index in [4.69, 9.17) is 4.74 Å². The van der Waals surface area contributed by atoms with Gasteiger partial charge < -0.3 is 19.3 Å². The minimum atomic E-state index is -3.54. The summed E-state index contributed by atoms with van der Waals surface area (Å²) in [7, 11) is -1.98. The van der Waals surface area contributed by atoms with Crippen LogP contribution < -0.4 is 19.5 Å². The standard InChI is InChI=1S/C14H17N3O5S2/c1-22-12-6-3-10(4-7-12)15-13-8-5-11(16-23(18)19)9-14(13)17-24(2,20)21/h3-9,15-17H,1-2H3,(H,18,19)/p-1. The van der Waals surface area contributed by atoms with Crippen LogP contribution in [0.15, 0.2) is 42.5 Å². The highest BCUT2D eigenvalue weighted by Gasteiger charge is 2.09. The van der Waals surface area contributed by atoms with Crippen LogP contribution in [-0.4, -0.2) is 30.5 Å². The van der Waals surface area contributed by atoms with Crippen LogP contribution in [0.2, 0.25) is 0 Å². The second-order valence-electron chi connectivity index (χ2n) is 4.82. The van der Waals surface area contributed by atoms with Crippen LogP contribution in [0.5, 0.6) is 5.75 Å². The molecule has 0 heterocycles. The number of methoxy groups -OCH3 is 1. The van der Waals surface area contributed by atoms with E-state index in [-0.39, 0.29) is 11.4 Å². The SMILES string of the molecule is COc1ccc(Nc2ccc(NS(=O)[O-])cc2NS(C)(=O)=O)cc1. The number of rotatable bonds is 7. The van der Waals surface area contributed by atoms with Crippen LogP contribution in [-0.2, 0) is 21.3 Å². The fourth-order valence-corrected chi connectivity index (χ4v) is 2.81. The van der Waals surface area contributed by atoms with Crippen molar-refractivity contribution in [3.05, 3.63) is 42.5 Å². The van der Waals surface area contributed by atoms with E-state index in [0.29, 0.717) is 17.1 Å². The van der Waals surface area contributed by atoms with E-state index in [9.17, 15) is 17.2 Å². The molecule has 0 saturated heterocycles. The van der Waals surface area contributed by atoms with Gasteiger partial charge in [-0.25, -0.2) is 8.42 Å². The lowest BCUT2D eigenvalue weighted by atomic mass is 10.2. The second kappa shape index (κ2) is 7.51. The van der Waals surface area contributed by atoms with Crippen molar-refractivity contribution < 1.29 is 21.9 Å². The molecule has 3 N–H and O–H groups in total. The van der Waals surface area contributed by atoms with Gasteiger partial charge in [0.2, 0.25) is 10.0 Å². The summed E-state index contributed by atoms with van der Waals surface area (Å²) in [6.45, 7) is 0. The molecule has 24 heavy (non-hydrogen) atoms. The largest absolute Gasteiger partial charge is 0.755 e. The Morgan fingerprint density at radius 1 is 1.04 bits per heavy atom. The highest BCUT2D eigenvalue weighted by molar-refractivity contribution is 7.92. The Morgan fingerprint density at radius 2 is 1.67 bits per heavy atom. The molecule has 0 amide bonds. The topological polar surface area (TPSA) is 120 Å². The van der Waals surface area contributed by atoms with Crippen molar-refractivity contribution in [2.75, 3.05) is 28.1 Å². The van der Waals surface area contributed by atoms with Gasteiger partial charge in [0.25, 0.3) is 0 Å². The maximum Gasteiger partial charge on any atom is 0.229 e. The van der Waals surface area contributed by atoms with Gasteiger partial charge in [-0.1, -0.05) is 0 Å². The lowest BCUT2D eigenvalue weighted by molar-refractivity contribution is 0.415. The molecule has 0 saturated carbocycles. The Kier molecular flexibility index (Phi) is 5.65. The monoisotopic (exact) mass is 370 g/mol. The third-order valence-electron chi connectivity index (χ3n) is 2.89. The zero-order chi connectivity index (χ0) is 17.7. The summed E-state index contributed by atoms with van der Waals surface area (Å²) in [5, 5.41) is 3.06. The van der Waals surface area contributed by atoms with Crippen molar-refractivity contribution in [3.8, 4) is 5.75 Å². The predicted molar refractivity (Wildman–Crippen MR) is 93.7 cm³/mol. The number of nitrogens with one attached hydrogen (secondary N) is 3. The predicted octanol–water partition coefficient (Wildman–Crippen LogP) is 2.02.